The molecule has 5 heteroatoms. The SMILES string of the molecule is NC(=O)NC(=O)CCN1Cc2ccccc2[C@@H](c2ccccc2)C1. The largest absolute Gasteiger partial charge is 0.351 e. The maximum absolute atomic E-state index is 11.7. The molecule has 3 rings (SSSR count). The monoisotopic (exact) mass is 323 g/mol. The summed E-state index contributed by atoms with van der Waals surface area (Å²) in [5.41, 5.74) is 8.89. The highest BCUT2D eigenvalue weighted by Gasteiger charge is 2.26. The Bertz CT molecular complexity index is 730. The average Bonchev–Trinajstić information content (AvgIpc) is 2.59. The number of hydrogen-bond acceptors (Lipinski definition) is 3. The van der Waals surface area contributed by atoms with Crippen molar-refractivity contribution in [1.29, 1.82) is 0 Å². The average molecular weight is 323 g/mol. The number of benzene rings is 2. The van der Waals surface area contributed by atoms with Crippen molar-refractivity contribution in [2.24, 2.45) is 5.73 Å². The van der Waals surface area contributed by atoms with Crippen LogP contribution in [0.25, 0.3) is 0 Å². The normalized spacial score (nSPS) is 17.1. The van der Waals surface area contributed by atoms with Gasteiger partial charge >= 0.3 is 6.03 Å². The zero-order valence-corrected chi connectivity index (χ0v) is 13.4. The second-order valence-electron chi connectivity index (χ2n) is 6.06. The molecule has 0 spiro atoms. The van der Waals surface area contributed by atoms with Gasteiger partial charge in [0.1, 0.15) is 0 Å². The van der Waals surface area contributed by atoms with E-state index in [0.717, 1.165) is 13.1 Å². The van der Waals surface area contributed by atoms with Crippen LogP contribution in [0.15, 0.2) is 54.6 Å². The molecule has 2 aromatic rings. The van der Waals surface area contributed by atoms with Crippen molar-refractivity contribution in [2.75, 3.05) is 13.1 Å². The fourth-order valence-electron chi connectivity index (χ4n) is 3.28. The Hall–Kier alpha value is -2.66. The quantitative estimate of drug-likeness (QED) is 0.906. The molecule has 1 atom stereocenters. The first-order chi connectivity index (χ1) is 11.6. The van der Waals surface area contributed by atoms with Gasteiger partial charge in [-0.3, -0.25) is 15.0 Å². The minimum atomic E-state index is -0.800. The van der Waals surface area contributed by atoms with Gasteiger partial charge in [0.05, 0.1) is 0 Å². The van der Waals surface area contributed by atoms with Gasteiger partial charge in [-0.25, -0.2) is 4.79 Å². The fourth-order valence-corrected chi connectivity index (χ4v) is 3.28. The van der Waals surface area contributed by atoms with E-state index in [9.17, 15) is 9.59 Å². The number of nitrogens with zero attached hydrogens (tertiary/aromatic N) is 1. The molecule has 0 aromatic heterocycles. The predicted octanol–water partition coefficient (Wildman–Crippen LogP) is 2.22. The van der Waals surface area contributed by atoms with E-state index < -0.39 is 6.03 Å². The van der Waals surface area contributed by atoms with Gasteiger partial charge in [-0.1, -0.05) is 54.6 Å². The molecule has 5 nitrogen and oxygen atoms in total. The number of hydrogen-bond donors (Lipinski definition) is 2. The molecule has 1 heterocycles. The summed E-state index contributed by atoms with van der Waals surface area (Å²) in [6, 6.07) is 18.1. The molecule has 0 saturated carbocycles. The van der Waals surface area contributed by atoms with Crippen LogP contribution in [0.4, 0.5) is 4.79 Å². The lowest BCUT2D eigenvalue weighted by molar-refractivity contribution is -0.120. The van der Waals surface area contributed by atoms with Crippen LogP contribution in [0.1, 0.15) is 29.0 Å². The van der Waals surface area contributed by atoms with Gasteiger partial charge in [0.25, 0.3) is 0 Å². The van der Waals surface area contributed by atoms with Gasteiger partial charge in [0.15, 0.2) is 0 Å². The van der Waals surface area contributed by atoms with Gasteiger partial charge < -0.3 is 5.73 Å². The van der Waals surface area contributed by atoms with E-state index in [1.807, 2.05) is 12.1 Å². The molecule has 0 radical (unpaired) electrons. The van der Waals surface area contributed by atoms with E-state index in [1.165, 1.54) is 16.7 Å². The van der Waals surface area contributed by atoms with E-state index in [4.69, 9.17) is 5.73 Å². The van der Waals surface area contributed by atoms with Crippen LogP contribution in [0.3, 0.4) is 0 Å². The van der Waals surface area contributed by atoms with Crippen molar-refractivity contribution >= 4 is 11.9 Å². The number of amides is 3. The molecule has 0 fully saturated rings. The number of imide groups is 1. The molecule has 2 aromatic carbocycles. The fraction of sp³-hybridized carbons (Fsp3) is 0.263. The summed E-state index contributed by atoms with van der Waals surface area (Å²) in [4.78, 5) is 24.6. The van der Waals surface area contributed by atoms with Crippen LogP contribution in [0.2, 0.25) is 0 Å². The van der Waals surface area contributed by atoms with E-state index in [1.54, 1.807) is 0 Å². The maximum atomic E-state index is 11.7. The molecule has 0 aliphatic carbocycles. The summed E-state index contributed by atoms with van der Waals surface area (Å²) in [6.07, 6.45) is 0.257. The van der Waals surface area contributed by atoms with Crippen LogP contribution < -0.4 is 11.1 Å². The molecule has 3 N–H and O–H groups in total. The van der Waals surface area contributed by atoms with Crippen molar-refractivity contribution < 1.29 is 9.59 Å². The predicted molar refractivity (Wildman–Crippen MR) is 92.3 cm³/mol. The Morgan fingerprint density at radius 1 is 1.08 bits per heavy atom. The Morgan fingerprint density at radius 3 is 2.54 bits per heavy atom. The number of primary amides is 1. The van der Waals surface area contributed by atoms with E-state index in [-0.39, 0.29) is 18.2 Å². The molecule has 0 saturated heterocycles. The number of urea groups is 1. The van der Waals surface area contributed by atoms with Crippen molar-refractivity contribution in [2.45, 2.75) is 18.9 Å². The van der Waals surface area contributed by atoms with Crippen molar-refractivity contribution in [3.8, 4) is 0 Å². The van der Waals surface area contributed by atoms with Gasteiger partial charge in [-0.05, 0) is 16.7 Å². The molecule has 1 aliphatic rings. The lowest BCUT2D eigenvalue weighted by Crippen LogP contribution is -2.39. The first-order valence-electron chi connectivity index (χ1n) is 8.08. The highest BCUT2D eigenvalue weighted by molar-refractivity contribution is 5.93. The molecule has 124 valence electrons. The zero-order valence-electron chi connectivity index (χ0n) is 13.4. The minimum Gasteiger partial charge on any atom is -0.351 e. The molecule has 1 aliphatic heterocycles. The molecule has 24 heavy (non-hydrogen) atoms. The maximum Gasteiger partial charge on any atom is 0.318 e. The third-order valence-corrected chi connectivity index (χ3v) is 4.38. The summed E-state index contributed by atoms with van der Waals surface area (Å²) >= 11 is 0. The number of rotatable bonds is 4. The number of nitrogens with one attached hydrogen (secondary N) is 1. The number of carbonyl (C=O) groups is 2. The number of nitrogens with two attached hydrogens (primary N) is 1. The first kappa shape index (κ1) is 16.2. The summed E-state index contributed by atoms with van der Waals surface area (Å²) in [5.74, 6) is -0.0482. The second-order valence-corrected chi connectivity index (χ2v) is 6.06. The highest BCUT2D eigenvalue weighted by atomic mass is 16.2. The molecule has 3 amide bonds. The third kappa shape index (κ3) is 3.81. The van der Waals surface area contributed by atoms with Crippen LogP contribution in [-0.4, -0.2) is 29.9 Å². The van der Waals surface area contributed by atoms with Gasteiger partial charge in [-0.15, -0.1) is 0 Å². The Labute approximate surface area is 141 Å². The Kier molecular flexibility index (Phi) is 4.91. The van der Waals surface area contributed by atoms with Crippen LogP contribution in [0.5, 0.6) is 0 Å². The van der Waals surface area contributed by atoms with Crippen molar-refractivity contribution in [1.82, 2.24) is 10.2 Å². The summed E-state index contributed by atoms with van der Waals surface area (Å²) in [6.45, 7) is 2.25. The number of carbonyl (C=O) groups excluding carboxylic acids is 2. The standard InChI is InChI=1S/C19H21N3O2/c20-19(24)21-18(23)10-11-22-12-15-8-4-5-9-16(15)17(13-22)14-6-2-1-3-7-14/h1-9,17H,10-13H2,(H3,20,21,23,24)/t17-/m1/s1. The van der Waals surface area contributed by atoms with Gasteiger partial charge in [-0.2, -0.15) is 0 Å². The van der Waals surface area contributed by atoms with Gasteiger partial charge in [0, 0.05) is 32.0 Å². The van der Waals surface area contributed by atoms with Crippen LogP contribution >= 0.6 is 0 Å². The lowest BCUT2D eigenvalue weighted by Gasteiger charge is -2.35. The van der Waals surface area contributed by atoms with E-state index in [2.05, 4.69) is 52.7 Å². The first-order valence-corrected chi connectivity index (χ1v) is 8.08. The third-order valence-electron chi connectivity index (χ3n) is 4.38. The van der Waals surface area contributed by atoms with Crippen molar-refractivity contribution in [3.05, 3.63) is 71.3 Å². The summed E-state index contributed by atoms with van der Waals surface area (Å²) in [5, 5.41) is 2.12. The second kappa shape index (κ2) is 7.27. The van der Waals surface area contributed by atoms with E-state index >= 15 is 0 Å². The number of fused-ring (bicyclic) bond motifs is 1. The van der Waals surface area contributed by atoms with Gasteiger partial charge in [0.2, 0.25) is 5.91 Å². The van der Waals surface area contributed by atoms with Crippen molar-refractivity contribution in [3.63, 3.8) is 0 Å². The Balaban J connectivity index is 1.76. The highest BCUT2D eigenvalue weighted by Crippen LogP contribution is 2.33. The molecular formula is C19H21N3O2. The minimum absolute atomic E-state index is 0.257. The Morgan fingerprint density at radius 2 is 1.79 bits per heavy atom. The molecule has 0 unspecified atom stereocenters. The molecule has 0 bridgehead atoms. The van der Waals surface area contributed by atoms with Crippen LogP contribution in [-0.2, 0) is 11.3 Å². The topological polar surface area (TPSA) is 75.4 Å². The zero-order chi connectivity index (χ0) is 16.9. The van der Waals surface area contributed by atoms with E-state index in [0.29, 0.717) is 6.54 Å². The molecular weight excluding hydrogens is 302 g/mol. The lowest BCUT2D eigenvalue weighted by atomic mass is 9.84. The smallest absolute Gasteiger partial charge is 0.318 e. The summed E-state index contributed by atoms with van der Waals surface area (Å²) < 4.78 is 0. The van der Waals surface area contributed by atoms with Crippen LogP contribution in [0, 0.1) is 0 Å². The summed E-state index contributed by atoms with van der Waals surface area (Å²) in [7, 11) is 0.